The summed E-state index contributed by atoms with van der Waals surface area (Å²) in [5, 5.41) is 4.56. The highest BCUT2D eigenvalue weighted by molar-refractivity contribution is 5.94. The van der Waals surface area contributed by atoms with Crippen molar-refractivity contribution in [2.75, 3.05) is 11.4 Å². The van der Waals surface area contributed by atoms with Crippen molar-refractivity contribution in [1.82, 2.24) is 29.1 Å². The number of anilines is 1. The molecule has 130 valence electrons. The number of aryl methyl sites for hydroxylation is 5. The molecule has 4 rings (SSSR count). The van der Waals surface area contributed by atoms with Crippen molar-refractivity contribution < 1.29 is 4.79 Å². The molecule has 25 heavy (non-hydrogen) atoms. The van der Waals surface area contributed by atoms with Gasteiger partial charge < -0.3 is 4.57 Å². The Bertz CT molecular complexity index is 916. The van der Waals surface area contributed by atoms with E-state index in [0.717, 1.165) is 53.9 Å². The minimum Gasteiger partial charge on any atom is -0.336 e. The van der Waals surface area contributed by atoms with E-state index >= 15 is 0 Å². The van der Waals surface area contributed by atoms with Crippen LogP contribution in [0.2, 0.25) is 0 Å². The molecule has 0 radical (unpaired) electrons. The van der Waals surface area contributed by atoms with Crippen LogP contribution in [-0.4, -0.2) is 41.6 Å². The molecule has 1 aliphatic heterocycles. The molecule has 0 bridgehead atoms. The first kappa shape index (κ1) is 15.7. The fourth-order valence-electron chi connectivity index (χ4n) is 3.21. The Hall–Kier alpha value is -2.77. The molecule has 0 unspecified atom stereocenters. The average molecular weight is 339 g/mol. The van der Waals surface area contributed by atoms with E-state index in [9.17, 15) is 4.79 Å². The van der Waals surface area contributed by atoms with Crippen LogP contribution in [0.15, 0.2) is 12.4 Å². The van der Waals surface area contributed by atoms with Gasteiger partial charge in [0, 0.05) is 50.8 Å². The molecule has 3 aromatic heterocycles. The summed E-state index contributed by atoms with van der Waals surface area (Å²) in [6.07, 6.45) is 6.68. The zero-order valence-corrected chi connectivity index (χ0v) is 14.7. The quantitative estimate of drug-likeness (QED) is 0.717. The number of hydrogen-bond donors (Lipinski definition) is 0. The van der Waals surface area contributed by atoms with Crippen LogP contribution in [0.25, 0.3) is 5.65 Å². The Morgan fingerprint density at radius 2 is 2.04 bits per heavy atom. The second-order valence-electron chi connectivity index (χ2n) is 6.53. The summed E-state index contributed by atoms with van der Waals surface area (Å²) in [4.78, 5) is 27.2. The maximum atomic E-state index is 11.9. The van der Waals surface area contributed by atoms with Gasteiger partial charge in [-0.25, -0.2) is 15.0 Å². The number of carbonyl (C=O) groups is 1. The second-order valence-corrected chi connectivity index (χ2v) is 6.53. The lowest BCUT2D eigenvalue weighted by molar-refractivity contribution is -0.117. The van der Waals surface area contributed by atoms with Crippen LogP contribution >= 0.6 is 0 Å². The van der Waals surface area contributed by atoms with Gasteiger partial charge in [0.05, 0.1) is 0 Å². The molecular weight excluding hydrogens is 318 g/mol. The molecule has 0 aliphatic carbocycles. The minimum absolute atomic E-state index is 0.158. The highest BCUT2D eigenvalue weighted by atomic mass is 16.2. The van der Waals surface area contributed by atoms with Gasteiger partial charge in [0.2, 0.25) is 5.91 Å². The molecule has 3 aromatic rings. The lowest BCUT2D eigenvalue weighted by Gasteiger charge is -2.10. The first-order chi connectivity index (χ1) is 12.0. The normalized spacial score (nSPS) is 14.8. The lowest BCUT2D eigenvalue weighted by atomic mass is 10.3. The predicted octanol–water partition coefficient (Wildman–Crippen LogP) is 1.39. The van der Waals surface area contributed by atoms with Gasteiger partial charge in [0.25, 0.3) is 0 Å². The van der Waals surface area contributed by atoms with E-state index in [4.69, 9.17) is 0 Å². The second kappa shape index (κ2) is 5.94. The van der Waals surface area contributed by atoms with E-state index in [-0.39, 0.29) is 5.91 Å². The third-order valence-electron chi connectivity index (χ3n) is 4.64. The van der Waals surface area contributed by atoms with Gasteiger partial charge in [-0.2, -0.15) is 4.52 Å². The molecule has 8 heteroatoms. The Morgan fingerprint density at radius 1 is 1.20 bits per heavy atom. The van der Waals surface area contributed by atoms with Crippen molar-refractivity contribution in [2.45, 2.75) is 39.5 Å². The van der Waals surface area contributed by atoms with Crippen molar-refractivity contribution in [2.24, 2.45) is 7.05 Å². The molecule has 1 amide bonds. The Morgan fingerprint density at radius 3 is 2.76 bits per heavy atom. The first-order valence-electron chi connectivity index (χ1n) is 8.53. The minimum atomic E-state index is 0.158. The van der Waals surface area contributed by atoms with Crippen molar-refractivity contribution in [1.29, 1.82) is 0 Å². The summed E-state index contributed by atoms with van der Waals surface area (Å²) in [5.74, 6) is 3.44. The Labute approximate surface area is 145 Å². The summed E-state index contributed by atoms with van der Waals surface area (Å²) in [5.41, 5.74) is 1.86. The van der Waals surface area contributed by atoms with Crippen LogP contribution in [0.4, 0.5) is 5.82 Å². The number of carbonyl (C=O) groups excluding carboxylic acids is 1. The van der Waals surface area contributed by atoms with Crippen molar-refractivity contribution >= 4 is 17.4 Å². The van der Waals surface area contributed by atoms with Gasteiger partial charge in [-0.15, -0.1) is 5.10 Å². The molecule has 4 heterocycles. The molecule has 0 saturated carbocycles. The molecule has 1 fully saturated rings. The van der Waals surface area contributed by atoms with E-state index in [0.29, 0.717) is 12.8 Å². The van der Waals surface area contributed by atoms with Gasteiger partial charge in [0.1, 0.15) is 11.6 Å². The third kappa shape index (κ3) is 2.77. The van der Waals surface area contributed by atoms with Crippen molar-refractivity contribution in [3.05, 3.63) is 35.4 Å². The summed E-state index contributed by atoms with van der Waals surface area (Å²) in [7, 11) is 1.96. The van der Waals surface area contributed by atoms with E-state index < -0.39 is 0 Å². The monoisotopic (exact) mass is 339 g/mol. The zero-order valence-electron chi connectivity index (χ0n) is 14.7. The summed E-state index contributed by atoms with van der Waals surface area (Å²) >= 11 is 0. The molecule has 1 aliphatic rings. The number of nitrogens with zero attached hydrogens (tertiary/aromatic N) is 7. The van der Waals surface area contributed by atoms with Gasteiger partial charge in [-0.3, -0.25) is 9.69 Å². The molecule has 0 aromatic carbocycles. The predicted molar refractivity (Wildman–Crippen MR) is 92.5 cm³/mol. The van der Waals surface area contributed by atoms with E-state index in [1.54, 1.807) is 9.42 Å². The Kier molecular flexibility index (Phi) is 3.74. The molecule has 0 spiro atoms. The summed E-state index contributed by atoms with van der Waals surface area (Å²) in [6.45, 7) is 4.66. The maximum Gasteiger partial charge on any atom is 0.228 e. The van der Waals surface area contributed by atoms with Crippen LogP contribution < -0.4 is 4.90 Å². The number of aromatic nitrogens is 6. The first-order valence-corrected chi connectivity index (χ1v) is 8.53. The summed E-state index contributed by atoms with van der Waals surface area (Å²) in [6, 6.07) is 0. The standard InChI is InChI=1S/C17H21N7O/c1-11-9-18-12(2)24-17(11)19-13(21-24)6-7-14-20-15(10-22(14)3)23-8-4-5-16(23)25/h9-10H,4-8H2,1-3H3. The van der Waals surface area contributed by atoms with Crippen LogP contribution in [0.3, 0.4) is 0 Å². The smallest absolute Gasteiger partial charge is 0.228 e. The van der Waals surface area contributed by atoms with E-state index in [1.165, 1.54) is 0 Å². The van der Waals surface area contributed by atoms with Gasteiger partial charge in [0.15, 0.2) is 17.3 Å². The zero-order chi connectivity index (χ0) is 17.6. The maximum absolute atomic E-state index is 11.9. The summed E-state index contributed by atoms with van der Waals surface area (Å²) < 4.78 is 3.77. The van der Waals surface area contributed by atoms with Crippen molar-refractivity contribution in [3.8, 4) is 0 Å². The van der Waals surface area contributed by atoms with Gasteiger partial charge >= 0.3 is 0 Å². The Balaban J connectivity index is 1.54. The molecule has 0 atom stereocenters. The topological polar surface area (TPSA) is 81.2 Å². The SMILES string of the molecule is Cc1cnc(C)n2nc(CCc3nc(N4CCCC4=O)cn3C)nc12. The number of amides is 1. The van der Waals surface area contributed by atoms with Crippen LogP contribution in [0, 0.1) is 13.8 Å². The third-order valence-corrected chi connectivity index (χ3v) is 4.64. The van der Waals surface area contributed by atoms with Gasteiger partial charge in [-0.1, -0.05) is 0 Å². The number of hydrogen-bond acceptors (Lipinski definition) is 5. The number of fused-ring (bicyclic) bond motifs is 1. The fraction of sp³-hybridized carbons (Fsp3) is 0.471. The highest BCUT2D eigenvalue weighted by Gasteiger charge is 2.24. The molecule has 1 saturated heterocycles. The van der Waals surface area contributed by atoms with Crippen LogP contribution in [0.5, 0.6) is 0 Å². The van der Waals surface area contributed by atoms with Crippen molar-refractivity contribution in [3.63, 3.8) is 0 Å². The molecular formula is C17H21N7O. The fourth-order valence-corrected chi connectivity index (χ4v) is 3.21. The largest absolute Gasteiger partial charge is 0.336 e. The molecule has 0 N–H and O–H groups in total. The van der Waals surface area contributed by atoms with E-state index in [2.05, 4.69) is 20.1 Å². The highest BCUT2D eigenvalue weighted by Crippen LogP contribution is 2.20. The number of imidazole rings is 1. The van der Waals surface area contributed by atoms with Crippen LogP contribution in [-0.2, 0) is 24.7 Å². The van der Waals surface area contributed by atoms with Gasteiger partial charge in [-0.05, 0) is 20.3 Å². The van der Waals surface area contributed by atoms with Crippen LogP contribution in [0.1, 0.15) is 35.9 Å². The number of rotatable bonds is 4. The molecule has 8 nitrogen and oxygen atoms in total. The van der Waals surface area contributed by atoms with E-state index in [1.807, 2.05) is 37.9 Å². The average Bonchev–Trinajstić information content (AvgIpc) is 3.28. The lowest BCUT2D eigenvalue weighted by Crippen LogP contribution is -2.23.